The first-order valence-electron chi connectivity index (χ1n) is 7.71. The molecule has 1 aromatic carbocycles. The lowest BCUT2D eigenvalue weighted by Crippen LogP contribution is -2.29. The number of aromatic carboxylic acids is 1. The van der Waals surface area contributed by atoms with Crippen LogP contribution in [0.4, 0.5) is 5.13 Å². The lowest BCUT2D eigenvalue weighted by Gasteiger charge is -2.20. The predicted molar refractivity (Wildman–Crippen MR) is 96.6 cm³/mol. The topological polar surface area (TPSA) is 90.8 Å². The Balaban J connectivity index is 1.90. The van der Waals surface area contributed by atoms with Gasteiger partial charge < -0.3 is 10.0 Å². The van der Waals surface area contributed by atoms with Gasteiger partial charge in [0.05, 0.1) is 24.1 Å². The number of hydrogen-bond donors (Lipinski definition) is 1. The zero-order valence-corrected chi connectivity index (χ0v) is 15.6. The van der Waals surface area contributed by atoms with Gasteiger partial charge in [0.15, 0.2) is 5.13 Å². The van der Waals surface area contributed by atoms with Gasteiger partial charge in [0.25, 0.3) is 0 Å². The smallest absolute Gasteiger partial charge is 0.335 e. The molecule has 0 aliphatic carbocycles. The molecule has 2 heterocycles. The molecule has 1 aliphatic rings. The summed E-state index contributed by atoms with van der Waals surface area (Å²) in [6, 6.07) is 6.20. The van der Waals surface area contributed by atoms with Gasteiger partial charge >= 0.3 is 5.97 Å². The summed E-state index contributed by atoms with van der Waals surface area (Å²) in [5.41, 5.74) is 1.84. The predicted octanol–water partition coefficient (Wildman–Crippen LogP) is 1.80. The van der Waals surface area contributed by atoms with Gasteiger partial charge in [-0.15, -0.1) is 0 Å². The number of thiazole rings is 1. The molecule has 9 heteroatoms. The van der Waals surface area contributed by atoms with E-state index in [-0.39, 0.29) is 12.1 Å². The molecule has 0 saturated carbocycles. The average Bonchev–Trinajstić information content (AvgIpc) is 2.94. The van der Waals surface area contributed by atoms with Crippen molar-refractivity contribution in [1.82, 2.24) is 9.88 Å². The highest BCUT2D eigenvalue weighted by molar-refractivity contribution is 7.92. The summed E-state index contributed by atoms with van der Waals surface area (Å²) in [5, 5.41) is 9.42. The number of sulfonamides is 1. The van der Waals surface area contributed by atoms with Crippen molar-refractivity contribution in [1.29, 1.82) is 0 Å². The number of benzene rings is 1. The molecule has 7 nitrogen and oxygen atoms in total. The van der Waals surface area contributed by atoms with Crippen LogP contribution in [0.25, 0.3) is 0 Å². The van der Waals surface area contributed by atoms with Gasteiger partial charge in [0.2, 0.25) is 10.0 Å². The highest BCUT2D eigenvalue weighted by atomic mass is 32.2. The fraction of sp³-hybridized carbons (Fsp3) is 0.375. The first kappa shape index (κ1) is 17.8. The van der Waals surface area contributed by atoms with Crippen LogP contribution in [0, 0.1) is 0 Å². The number of nitrogens with zero attached hydrogens (tertiary/aromatic N) is 3. The number of aromatic nitrogens is 1. The van der Waals surface area contributed by atoms with Gasteiger partial charge in [0.1, 0.15) is 0 Å². The van der Waals surface area contributed by atoms with Crippen LogP contribution in [0.15, 0.2) is 24.3 Å². The molecule has 0 bridgehead atoms. The normalized spacial score (nSPS) is 15.0. The van der Waals surface area contributed by atoms with Gasteiger partial charge in [-0.1, -0.05) is 23.5 Å². The van der Waals surface area contributed by atoms with Crippen molar-refractivity contribution in [3.05, 3.63) is 46.0 Å². The largest absolute Gasteiger partial charge is 0.478 e. The Hall–Kier alpha value is -1.97. The van der Waals surface area contributed by atoms with Crippen LogP contribution in [-0.4, -0.2) is 49.2 Å². The number of anilines is 1. The van der Waals surface area contributed by atoms with Crippen LogP contribution >= 0.6 is 11.3 Å². The molecule has 134 valence electrons. The first-order valence-corrected chi connectivity index (χ1v) is 10.4. The Labute approximate surface area is 150 Å². The molecule has 3 rings (SSSR count). The Morgan fingerprint density at radius 3 is 2.64 bits per heavy atom. The molecule has 0 spiro atoms. The van der Waals surface area contributed by atoms with E-state index in [9.17, 15) is 13.2 Å². The second kappa shape index (κ2) is 6.74. The summed E-state index contributed by atoms with van der Waals surface area (Å²) >= 11 is 1.40. The van der Waals surface area contributed by atoms with E-state index in [1.807, 2.05) is 7.05 Å². The summed E-state index contributed by atoms with van der Waals surface area (Å²) in [7, 11) is -1.48. The molecule has 1 aromatic heterocycles. The molecule has 0 radical (unpaired) electrons. The first-order chi connectivity index (χ1) is 11.7. The van der Waals surface area contributed by atoms with Gasteiger partial charge in [-0.2, -0.15) is 0 Å². The van der Waals surface area contributed by atoms with Crippen molar-refractivity contribution >= 4 is 32.5 Å². The van der Waals surface area contributed by atoms with E-state index in [4.69, 9.17) is 5.11 Å². The second-order valence-corrected chi connectivity index (χ2v) is 9.09. The summed E-state index contributed by atoms with van der Waals surface area (Å²) in [6.07, 6.45) is 1.97. The van der Waals surface area contributed by atoms with E-state index < -0.39 is 16.0 Å². The maximum atomic E-state index is 12.3. The standard InChI is InChI=1S/C16H19N3O4S2/c1-18-8-7-13-14(10-18)24-16(17-13)19(25(2,22)23)9-11-3-5-12(6-4-11)15(20)21/h3-6H,7-10H2,1-2H3,(H,20,21). The quantitative estimate of drug-likeness (QED) is 0.849. The maximum absolute atomic E-state index is 12.3. The Morgan fingerprint density at radius 1 is 1.36 bits per heavy atom. The van der Waals surface area contributed by atoms with Crippen molar-refractivity contribution in [3.63, 3.8) is 0 Å². The monoisotopic (exact) mass is 381 g/mol. The summed E-state index contributed by atoms with van der Waals surface area (Å²) < 4.78 is 25.8. The lowest BCUT2D eigenvalue weighted by atomic mass is 10.1. The van der Waals surface area contributed by atoms with Gasteiger partial charge in [0, 0.05) is 24.4 Å². The van der Waals surface area contributed by atoms with Crippen molar-refractivity contribution in [2.45, 2.75) is 19.5 Å². The number of carboxylic acids is 1. The molecule has 0 unspecified atom stereocenters. The third-order valence-corrected chi connectivity index (χ3v) is 6.38. The third-order valence-electron chi connectivity index (χ3n) is 4.05. The molecule has 1 aliphatic heterocycles. The number of carboxylic acid groups (broad SMARTS) is 1. The minimum Gasteiger partial charge on any atom is -0.478 e. The third kappa shape index (κ3) is 4.00. The SMILES string of the molecule is CN1CCc2nc(N(Cc3ccc(C(=O)O)cc3)S(C)(=O)=O)sc2C1. The van der Waals surface area contributed by atoms with E-state index in [2.05, 4.69) is 9.88 Å². The zero-order chi connectivity index (χ0) is 18.2. The molecule has 0 atom stereocenters. The summed E-state index contributed by atoms with van der Waals surface area (Å²) in [6.45, 7) is 1.81. The van der Waals surface area contributed by atoms with Crippen LogP contribution in [0.3, 0.4) is 0 Å². The summed E-state index contributed by atoms with van der Waals surface area (Å²) in [4.78, 5) is 18.8. The van der Waals surface area contributed by atoms with Gasteiger partial charge in [-0.05, 0) is 24.7 Å². The number of likely N-dealkylation sites (N-methyl/N-ethyl adjacent to an activating group) is 1. The van der Waals surface area contributed by atoms with Crippen molar-refractivity contribution < 1.29 is 18.3 Å². The lowest BCUT2D eigenvalue weighted by molar-refractivity contribution is 0.0697. The maximum Gasteiger partial charge on any atom is 0.335 e. The number of rotatable bonds is 5. The van der Waals surface area contributed by atoms with Crippen molar-refractivity contribution in [3.8, 4) is 0 Å². The van der Waals surface area contributed by atoms with E-state index in [0.717, 1.165) is 36.3 Å². The van der Waals surface area contributed by atoms with Crippen LogP contribution in [0.2, 0.25) is 0 Å². The zero-order valence-electron chi connectivity index (χ0n) is 14.0. The molecule has 25 heavy (non-hydrogen) atoms. The fourth-order valence-corrected chi connectivity index (χ4v) is 4.98. The summed E-state index contributed by atoms with van der Waals surface area (Å²) in [5.74, 6) is -1.01. The Kier molecular flexibility index (Phi) is 4.81. The average molecular weight is 381 g/mol. The molecule has 1 N–H and O–H groups in total. The number of carbonyl (C=O) groups is 1. The fourth-order valence-electron chi connectivity index (χ4n) is 2.66. The van der Waals surface area contributed by atoms with Crippen molar-refractivity contribution in [2.24, 2.45) is 0 Å². The molecule has 0 saturated heterocycles. The number of hydrogen-bond acceptors (Lipinski definition) is 6. The molecular weight excluding hydrogens is 362 g/mol. The van der Waals surface area contributed by atoms with E-state index in [1.165, 1.54) is 27.8 Å². The van der Waals surface area contributed by atoms with Gasteiger partial charge in [-0.3, -0.25) is 0 Å². The van der Waals surface area contributed by atoms with Gasteiger partial charge in [-0.25, -0.2) is 22.5 Å². The Morgan fingerprint density at radius 2 is 2.04 bits per heavy atom. The van der Waals surface area contributed by atoms with E-state index in [0.29, 0.717) is 10.7 Å². The van der Waals surface area contributed by atoms with E-state index in [1.54, 1.807) is 12.1 Å². The molecule has 0 amide bonds. The minimum atomic E-state index is -3.50. The van der Waals surface area contributed by atoms with Crippen LogP contribution in [0.1, 0.15) is 26.5 Å². The highest BCUT2D eigenvalue weighted by Crippen LogP contribution is 2.32. The van der Waals surface area contributed by atoms with Crippen LogP contribution < -0.4 is 4.31 Å². The number of fused-ring (bicyclic) bond motifs is 1. The Bertz CT molecular complexity index is 891. The minimum absolute atomic E-state index is 0.126. The molecule has 2 aromatic rings. The van der Waals surface area contributed by atoms with Crippen LogP contribution in [0.5, 0.6) is 0 Å². The highest BCUT2D eigenvalue weighted by Gasteiger charge is 2.25. The van der Waals surface area contributed by atoms with Crippen LogP contribution in [-0.2, 0) is 29.5 Å². The van der Waals surface area contributed by atoms with E-state index >= 15 is 0 Å². The molecular formula is C16H19N3O4S2. The molecule has 0 fully saturated rings. The van der Waals surface area contributed by atoms with Crippen molar-refractivity contribution in [2.75, 3.05) is 24.2 Å². The second-order valence-electron chi connectivity index (χ2n) is 6.13.